The van der Waals surface area contributed by atoms with Gasteiger partial charge in [0, 0.05) is 26.6 Å². The molecule has 2 amide bonds. The fourth-order valence-corrected chi connectivity index (χ4v) is 2.22. The Balaban J connectivity index is 2.05. The van der Waals surface area contributed by atoms with Gasteiger partial charge in [0.2, 0.25) is 11.7 Å². The number of pyridine rings is 2. The van der Waals surface area contributed by atoms with Crippen molar-refractivity contribution in [3.8, 4) is 5.88 Å². The highest BCUT2D eigenvalue weighted by molar-refractivity contribution is 5.90. The van der Waals surface area contributed by atoms with E-state index in [1.807, 2.05) is 13.0 Å². The minimum Gasteiger partial charge on any atom is -0.476 e. The molecule has 0 spiro atoms. The predicted octanol–water partition coefficient (Wildman–Crippen LogP) is 2.14. The largest absolute Gasteiger partial charge is 0.476 e. The number of urea groups is 1. The molecule has 0 unspecified atom stereocenters. The molecular weight excluding hydrogens is 324 g/mol. The van der Waals surface area contributed by atoms with Gasteiger partial charge in [-0.3, -0.25) is 4.98 Å². The number of nitrogens with zero attached hydrogens (tertiary/aromatic N) is 2. The summed E-state index contributed by atoms with van der Waals surface area (Å²) in [4.78, 5) is 20.6. The van der Waals surface area contributed by atoms with Gasteiger partial charge < -0.3 is 24.8 Å². The lowest BCUT2D eigenvalue weighted by Gasteiger charge is -2.30. The fourth-order valence-electron chi connectivity index (χ4n) is 2.22. The Morgan fingerprint density at radius 3 is 2.52 bits per heavy atom. The first-order valence-corrected chi connectivity index (χ1v) is 7.79. The molecule has 0 aliphatic carbocycles. The number of hydrogen-bond donors (Lipinski definition) is 2. The summed E-state index contributed by atoms with van der Waals surface area (Å²) in [6.45, 7) is 2.35. The molecule has 0 atom stereocenters. The molecule has 25 heavy (non-hydrogen) atoms. The zero-order chi connectivity index (χ0) is 18.1. The van der Waals surface area contributed by atoms with Gasteiger partial charge in [-0.15, -0.1) is 0 Å². The Bertz CT molecular complexity index is 677. The molecule has 2 rings (SSSR count). The van der Waals surface area contributed by atoms with Gasteiger partial charge in [0.25, 0.3) is 0 Å². The lowest BCUT2D eigenvalue weighted by atomic mass is 10.1. The van der Waals surface area contributed by atoms with Crippen LogP contribution in [0.3, 0.4) is 0 Å². The van der Waals surface area contributed by atoms with Gasteiger partial charge in [0.05, 0.1) is 13.2 Å². The second kappa shape index (κ2) is 8.95. The van der Waals surface area contributed by atoms with E-state index in [-0.39, 0.29) is 6.54 Å². The van der Waals surface area contributed by atoms with Gasteiger partial charge in [0.15, 0.2) is 0 Å². The molecule has 0 aromatic carbocycles. The molecule has 8 nitrogen and oxygen atoms in total. The van der Waals surface area contributed by atoms with Crippen LogP contribution in [0.25, 0.3) is 0 Å². The Morgan fingerprint density at radius 2 is 1.88 bits per heavy atom. The number of nitrogens with one attached hydrogen (secondary N) is 2. The summed E-state index contributed by atoms with van der Waals surface area (Å²) in [6, 6.07) is 8.34. The number of carbonyl (C=O) groups is 1. The number of carbonyl (C=O) groups excluding carboxylic acids is 1. The fraction of sp³-hybridized carbons (Fsp3) is 0.353. The van der Waals surface area contributed by atoms with Crippen LogP contribution in [0.2, 0.25) is 0 Å². The lowest BCUT2D eigenvalue weighted by molar-refractivity contribution is -0.213. The topological polar surface area (TPSA) is 94.6 Å². The Hall–Kier alpha value is -2.71. The van der Waals surface area contributed by atoms with Gasteiger partial charge in [-0.1, -0.05) is 6.07 Å². The summed E-state index contributed by atoms with van der Waals surface area (Å²) in [5.41, 5.74) is 1.02. The SMILES string of the molecule is CCOc1ncccc1NC(=O)NCC(OC)(OC)c1ccccn1. The molecule has 0 saturated heterocycles. The third-order valence-corrected chi connectivity index (χ3v) is 3.50. The number of aromatic nitrogens is 2. The van der Waals surface area contributed by atoms with Crippen molar-refractivity contribution in [2.45, 2.75) is 12.7 Å². The molecule has 2 N–H and O–H groups in total. The van der Waals surface area contributed by atoms with Crippen LogP contribution in [0.4, 0.5) is 10.5 Å². The number of ether oxygens (including phenoxy) is 3. The summed E-state index contributed by atoms with van der Waals surface area (Å²) in [5.74, 6) is -0.828. The van der Waals surface area contributed by atoms with E-state index >= 15 is 0 Å². The van der Waals surface area contributed by atoms with E-state index in [2.05, 4.69) is 20.6 Å². The highest BCUT2D eigenvalue weighted by atomic mass is 16.7. The van der Waals surface area contributed by atoms with E-state index in [0.29, 0.717) is 23.9 Å². The van der Waals surface area contributed by atoms with Crippen molar-refractivity contribution in [2.24, 2.45) is 0 Å². The summed E-state index contributed by atoms with van der Waals surface area (Å²) in [6.07, 6.45) is 3.22. The molecule has 0 saturated carbocycles. The Labute approximate surface area is 146 Å². The number of rotatable bonds is 8. The first-order valence-electron chi connectivity index (χ1n) is 7.79. The van der Waals surface area contributed by atoms with Crippen LogP contribution in [0, 0.1) is 0 Å². The zero-order valence-corrected chi connectivity index (χ0v) is 14.5. The van der Waals surface area contributed by atoms with Crippen LogP contribution >= 0.6 is 0 Å². The van der Waals surface area contributed by atoms with Crippen LogP contribution in [0.5, 0.6) is 5.88 Å². The summed E-state index contributed by atoms with van der Waals surface area (Å²) in [7, 11) is 2.98. The average Bonchev–Trinajstić information content (AvgIpc) is 2.66. The first kappa shape index (κ1) is 18.6. The van der Waals surface area contributed by atoms with Crippen molar-refractivity contribution in [1.29, 1.82) is 0 Å². The van der Waals surface area contributed by atoms with Crippen molar-refractivity contribution in [3.05, 3.63) is 48.4 Å². The van der Waals surface area contributed by atoms with Crippen LogP contribution in [-0.4, -0.2) is 43.4 Å². The second-order valence-corrected chi connectivity index (χ2v) is 4.97. The smallest absolute Gasteiger partial charge is 0.319 e. The molecule has 2 aromatic rings. The predicted molar refractivity (Wildman–Crippen MR) is 92.4 cm³/mol. The highest BCUT2D eigenvalue weighted by Gasteiger charge is 2.34. The molecule has 134 valence electrons. The van der Waals surface area contributed by atoms with Gasteiger partial charge >= 0.3 is 6.03 Å². The van der Waals surface area contributed by atoms with Crippen molar-refractivity contribution in [2.75, 3.05) is 32.7 Å². The second-order valence-electron chi connectivity index (χ2n) is 4.97. The molecule has 0 radical (unpaired) electrons. The van der Waals surface area contributed by atoms with Crippen molar-refractivity contribution in [3.63, 3.8) is 0 Å². The van der Waals surface area contributed by atoms with E-state index in [1.165, 1.54) is 14.2 Å². The molecule has 2 aromatic heterocycles. The van der Waals surface area contributed by atoms with E-state index in [0.717, 1.165) is 0 Å². The van der Waals surface area contributed by atoms with Crippen molar-refractivity contribution < 1.29 is 19.0 Å². The highest BCUT2D eigenvalue weighted by Crippen LogP contribution is 2.24. The van der Waals surface area contributed by atoms with E-state index in [1.54, 1.807) is 36.7 Å². The maximum atomic E-state index is 12.2. The summed E-state index contributed by atoms with van der Waals surface area (Å²) >= 11 is 0. The quantitative estimate of drug-likeness (QED) is 0.711. The zero-order valence-electron chi connectivity index (χ0n) is 14.5. The lowest BCUT2D eigenvalue weighted by Crippen LogP contribution is -2.45. The molecule has 8 heteroatoms. The molecule has 0 bridgehead atoms. The van der Waals surface area contributed by atoms with Crippen LogP contribution in [-0.2, 0) is 15.3 Å². The van der Waals surface area contributed by atoms with E-state index in [4.69, 9.17) is 14.2 Å². The number of hydrogen-bond acceptors (Lipinski definition) is 6. The number of methoxy groups -OCH3 is 2. The monoisotopic (exact) mass is 346 g/mol. The van der Waals surface area contributed by atoms with Gasteiger partial charge in [-0.05, 0) is 31.2 Å². The van der Waals surface area contributed by atoms with Crippen molar-refractivity contribution in [1.82, 2.24) is 15.3 Å². The molecule has 2 heterocycles. The van der Waals surface area contributed by atoms with Gasteiger partial charge in [-0.2, -0.15) is 0 Å². The molecule has 0 fully saturated rings. The standard InChI is InChI=1S/C17H22N4O4/c1-4-25-15-13(8-7-11-19-15)21-16(22)20-12-17(23-2,24-3)14-9-5-6-10-18-14/h5-11H,4,12H2,1-3H3,(H2,20,21,22). The van der Waals surface area contributed by atoms with E-state index in [9.17, 15) is 4.79 Å². The maximum Gasteiger partial charge on any atom is 0.319 e. The summed E-state index contributed by atoms with van der Waals surface area (Å²) in [5, 5.41) is 5.42. The third kappa shape index (κ3) is 4.65. The van der Waals surface area contributed by atoms with Gasteiger partial charge in [-0.25, -0.2) is 9.78 Å². The van der Waals surface area contributed by atoms with Crippen LogP contribution in [0.1, 0.15) is 12.6 Å². The first-order chi connectivity index (χ1) is 12.1. The Morgan fingerprint density at radius 1 is 1.12 bits per heavy atom. The van der Waals surface area contributed by atoms with Gasteiger partial charge in [0.1, 0.15) is 11.4 Å². The molecular formula is C17H22N4O4. The Kier molecular flexibility index (Phi) is 6.67. The third-order valence-electron chi connectivity index (χ3n) is 3.50. The number of anilines is 1. The summed E-state index contributed by atoms with van der Waals surface area (Å²) < 4.78 is 16.3. The van der Waals surface area contributed by atoms with Crippen molar-refractivity contribution >= 4 is 11.7 Å². The molecule has 0 aliphatic heterocycles. The number of amides is 2. The minimum absolute atomic E-state index is 0.0626. The molecule has 0 aliphatic rings. The van der Waals surface area contributed by atoms with Crippen LogP contribution in [0.15, 0.2) is 42.7 Å². The van der Waals surface area contributed by atoms with Crippen LogP contribution < -0.4 is 15.4 Å². The normalized spacial score (nSPS) is 11.0. The minimum atomic E-state index is -1.18. The maximum absolute atomic E-state index is 12.2. The average molecular weight is 346 g/mol. The van der Waals surface area contributed by atoms with E-state index < -0.39 is 11.8 Å².